The molecule has 0 aromatic rings. The van der Waals surface area contributed by atoms with E-state index in [0.717, 1.165) is 19.4 Å². The molecule has 0 N–H and O–H groups in total. The van der Waals surface area contributed by atoms with Crippen molar-refractivity contribution in [3.63, 3.8) is 0 Å². The molecule has 0 aromatic heterocycles. The number of nitrogens with zero attached hydrogens (tertiary/aromatic N) is 1. The van der Waals surface area contributed by atoms with Crippen LogP contribution in [-0.2, 0) is 4.74 Å². The molecule has 1 fully saturated rings. The maximum absolute atomic E-state index is 11.6. The lowest BCUT2D eigenvalue weighted by atomic mass is 9.82. The summed E-state index contributed by atoms with van der Waals surface area (Å²) in [4.78, 5) is 13.5. The monoisotopic (exact) mass is 209 g/mol. The first-order valence-corrected chi connectivity index (χ1v) is 5.77. The molecule has 84 valence electrons. The molecule has 1 saturated heterocycles. The Morgan fingerprint density at radius 2 is 2.20 bits per heavy atom. The Morgan fingerprint density at radius 1 is 1.40 bits per heavy atom. The number of hydrogen-bond donors (Lipinski definition) is 0. The number of ether oxygens (including phenoxy) is 1. The van der Waals surface area contributed by atoms with Gasteiger partial charge < -0.3 is 9.64 Å². The van der Waals surface area contributed by atoms with Gasteiger partial charge in [0, 0.05) is 6.54 Å². The van der Waals surface area contributed by atoms with E-state index < -0.39 is 0 Å². The van der Waals surface area contributed by atoms with Crippen molar-refractivity contribution in [1.82, 2.24) is 4.90 Å². The van der Waals surface area contributed by atoms with Crippen molar-refractivity contribution in [2.45, 2.75) is 45.1 Å². The Kier molecular flexibility index (Phi) is 2.98. The van der Waals surface area contributed by atoms with Gasteiger partial charge in [-0.15, -0.1) is 0 Å². The van der Waals surface area contributed by atoms with Crippen LogP contribution >= 0.6 is 0 Å². The van der Waals surface area contributed by atoms with Crippen molar-refractivity contribution in [2.75, 3.05) is 13.7 Å². The summed E-state index contributed by atoms with van der Waals surface area (Å²) in [6.07, 6.45) is 5.62. The predicted molar refractivity (Wildman–Crippen MR) is 58.7 cm³/mol. The van der Waals surface area contributed by atoms with Crippen LogP contribution in [0.25, 0.3) is 0 Å². The van der Waals surface area contributed by atoms with Gasteiger partial charge in [0.1, 0.15) is 0 Å². The van der Waals surface area contributed by atoms with Crippen LogP contribution < -0.4 is 0 Å². The lowest BCUT2D eigenvalue weighted by molar-refractivity contribution is 0.0989. The zero-order valence-corrected chi connectivity index (χ0v) is 9.58. The third-order valence-electron chi connectivity index (χ3n) is 3.61. The number of carbonyl (C=O) groups is 1. The molecule has 0 radical (unpaired) electrons. The third-order valence-corrected chi connectivity index (χ3v) is 3.61. The minimum Gasteiger partial charge on any atom is -0.453 e. The van der Waals surface area contributed by atoms with E-state index in [4.69, 9.17) is 4.74 Å². The van der Waals surface area contributed by atoms with Crippen LogP contribution in [0.5, 0.6) is 0 Å². The Bertz CT molecular complexity index is 296. The van der Waals surface area contributed by atoms with Crippen LogP contribution in [0, 0.1) is 0 Å². The topological polar surface area (TPSA) is 29.5 Å². The quantitative estimate of drug-likeness (QED) is 0.574. The number of piperidine rings is 1. The van der Waals surface area contributed by atoms with Gasteiger partial charge in [0.05, 0.1) is 13.2 Å². The number of hydrogen-bond acceptors (Lipinski definition) is 2. The molecule has 3 nitrogen and oxygen atoms in total. The van der Waals surface area contributed by atoms with Crippen LogP contribution in [0.15, 0.2) is 11.1 Å². The van der Waals surface area contributed by atoms with Crippen molar-refractivity contribution < 1.29 is 9.53 Å². The SMILES string of the molecule is COC(=O)N1CCCC2=C(C)CCCC21. The number of allylic oxidation sites excluding steroid dienone is 1. The van der Waals surface area contributed by atoms with Gasteiger partial charge in [-0.05, 0) is 44.6 Å². The summed E-state index contributed by atoms with van der Waals surface area (Å²) in [5, 5.41) is 0. The zero-order chi connectivity index (χ0) is 10.8. The Labute approximate surface area is 91.1 Å². The first kappa shape index (κ1) is 10.5. The molecular formula is C12H19NO2. The fourth-order valence-electron chi connectivity index (χ4n) is 2.84. The van der Waals surface area contributed by atoms with Crippen molar-refractivity contribution in [3.05, 3.63) is 11.1 Å². The van der Waals surface area contributed by atoms with Crippen LogP contribution in [0.1, 0.15) is 39.0 Å². The average Bonchev–Trinajstić information content (AvgIpc) is 2.28. The second-order valence-corrected chi connectivity index (χ2v) is 4.48. The molecule has 2 aliphatic rings. The number of rotatable bonds is 0. The second-order valence-electron chi connectivity index (χ2n) is 4.48. The number of fused-ring (bicyclic) bond motifs is 1. The van der Waals surface area contributed by atoms with E-state index in [9.17, 15) is 4.79 Å². The first-order valence-electron chi connectivity index (χ1n) is 5.77. The van der Waals surface area contributed by atoms with Gasteiger partial charge in [0.2, 0.25) is 0 Å². The van der Waals surface area contributed by atoms with Gasteiger partial charge in [-0.25, -0.2) is 4.79 Å². The molecule has 1 amide bonds. The summed E-state index contributed by atoms with van der Waals surface area (Å²) >= 11 is 0. The van der Waals surface area contributed by atoms with E-state index >= 15 is 0 Å². The van der Waals surface area contributed by atoms with Gasteiger partial charge >= 0.3 is 6.09 Å². The van der Waals surface area contributed by atoms with Crippen LogP contribution in [0.3, 0.4) is 0 Å². The molecule has 3 heteroatoms. The smallest absolute Gasteiger partial charge is 0.409 e. The van der Waals surface area contributed by atoms with E-state index in [1.165, 1.54) is 37.5 Å². The standard InChI is InChI=1S/C12H19NO2/c1-9-5-3-7-11-10(9)6-4-8-13(11)12(14)15-2/h11H,3-8H2,1-2H3. The molecule has 1 heterocycles. The molecular weight excluding hydrogens is 190 g/mol. The van der Waals surface area contributed by atoms with Crippen molar-refractivity contribution in [1.29, 1.82) is 0 Å². The number of carbonyl (C=O) groups excluding carboxylic acids is 1. The highest BCUT2D eigenvalue weighted by Crippen LogP contribution is 2.34. The lowest BCUT2D eigenvalue weighted by Crippen LogP contribution is -2.46. The van der Waals surface area contributed by atoms with E-state index in [-0.39, 0.29) is 6.09 Å². The van der Waals surface area contributed by atoms with Crippen LogP contribution in [0.4, 0.5) is 4.79 Å². The molecule has 1 aliphatic carbocycles. The molecule has 1 aliphatic heterocycles. The zero-order valence-electron chi connectivity index (χ0n) is 9.58. The molecule has 2 rings (SSSR count). The molecule has 0 aromatic carbocycles. The highest BCUT2D eigenvalue weighted by molar-refractivity contribution is 5.68. The lowest BCUT2D eigenvalue weighted by Gasteiger charge is -2.40. The number of methoxy groups -OCH3 is 1. The summed E-state index contributed by atoms with van der Waals surface area (Å²) in [5.41, 5.74) is 3.00. The molecule has 15 heavy (non-hydrogen) atoms. The average molecular weight is 209 g/mol. The highest BCUT2D eigenvalue weighted by Gasteiger charge is 2.33. The third kappa shape index (κ3) is 1.87. The van der Waals surface area contributed by atoms with Crippen molar-refractivity contribution in [3.8, 4) is 0 Å². The molecule has 1 unspecified atom stereocenters. The summed E-state index contributed by atoms with van der Waals surface area (Å²) in [6, 6.07) is 0.333. The fraction of sp³-hybridized carbons (Fsp3) is 0.750. The maximum Gasteiger partial charge on any atom is 0.409 e. The first-order chi connectivity index (χ1) is 7.24. The van der Waals surface area contributed by atoms with Crippen LogP contribution in [0.2, 0.25) is 0 Å². The van der Waals surface area contributed by atoms with Gasteiger partial charge in [-0.2, -0.15) is 0 Å². The Balaban J connectivity index is 2.22. The Morgan fingerprint density at radius 3 is 2.93 bits per heavy atom. The summed E-state index contributed by atoms with van der Waals surface area (Å²) in [7, 11) is 1.47. The summed E-state index contributed by atoms with van der Waals surface area (Å²) in [5.74, 6) is 0. The molecule has 0 saturated carbocycles. The van der Waals surface area contributed by atoms with Gasteiger partial charge in [-0.3, -0.25) is 0 Å². The molecule has 0 spiro atoms. The largest absolute Gasteiger partial charge is 0.453 e. The number of likely N-dealkylation sites (tertiary alicyclic amines) is 1. The summed E-state index contributed by atoms with van der Waals surface area (Å²) in [6.45, 7) is 3.07. The highest BCUT2D eigenvalue weighted by atomic mass is 16.5. The minimum absolute atomic E-state index is 0.160. The van der Waals surface area contributed by atoms with Crippen molar-refractivity contribution in [2.24, 2.45) is 0 Å². The van der Waals surface area contributed by atoms with E-state index in [0.29, 0.717) is 6.04 Å². The second kappa shape index (κ2) is 4.25. The van der Waals surface area contributed by atoms with E-state index in [2.05, 4.69) is 6.92 Å². The normalized spacial score (nSPS) is 26.3. The Hall–Kier alpha value is -0.990. The molecule has 1 atom stereocenters. The van der Waals surface area contributed by atoms with Gasteiger partial charge in [0.25, 0.3) is 0 Å². The number of amides is 1. The summed E-state index contributed by atoms with van der Waals surface area (Å²) < 4.78 is 4.84. The van der Waals surface area contributed by atoms with Crippen LogP contribution in [-0.4, -0.2) is 30.7 Å². The fourth-order valence-corrected chi connectivity index (χ4v) is 2.84. The predicted octanol–water partition coefficient (Wildman–Crippen LogP) is 2.72. The van der Waals surface area contributed by atoms with E-state index in [1.807, 2.05) is 4.90 Å². The molecule has 0 bridgehead atoms. The van der Waals surface area contributed by atoms with Crippen molar-refractivity contribution >= 4 is 6.09 Å². The van der Waals surface area contributed by atoms with Gasteiger partial charge in [0.15, 0.2) is 0 Å². The van der Waals surface area contributed by atoms with Gasteiger partial charge in [-0.1, -0.05) is 5.57 Å². The minimum atomic E-state index is -0.160. The van der Waals surface area contributed by atoms with E-state index in [1.54, 1.807) is 0 Å². The maximum atomic E-state index is 11.6.